The molecule has 0 fully saturated rings. The zero-order valence-electron chi connectivity index (χ0n) is 10.6. The number of allylic oxidation sites excluding steroid dienone is 2. The maximum atomic E-state index is 11.4. The summed E-state index contributed by atoms with van der Waals surface area (Å²) in [6.07, 6.45) is 7.78. The highest BCUT2D eigenvalue weighted by Gasteiger charge is 2.15. The Hall–Kier alpha value is -1.76. The fourth-order valence-electron chi connectivity index (χ4n) is 1.33. The van der Waals surface area contributed by atoms with Crippen LogP contribution in [0, 0.1) is 11.5 Å². The molecular formula is C13H19NO3. The first-order valence-electron chi connectivity index (χ1n) is 5.87. The van der Waals surface area contributed by atoms with Crippen LogP contribution in [-0.2, 0) is 14.3 Å². The molecule has 1 unspecified atom stereocenters. The van der Waals surface area contributed by atoms with Crippen molar-refractivity contribution in [3.05, 3.63) is 23.8 Å². The van der Waals surface area contributed by atoms with Gasteiger partial charge in [-0.1, -0.05) is 26.0 Å². The van der Waals surface area contributed by atoms with Crippen molar-refractivity contribution in [1.82, 2.24) is 0 Å². The van der Waals surface area contributed by atoms with Crippen LogP contribution in [-0.4, -0.2) is 18.7 Å². The van der Waals surface area contributed by atoms with E-state index in [0.29, 0.717) is 25.0 Å². The van der Waals surface area contributed by atoms with Crippen LogP contribution in [0.5, 0.6) is 0 Å². The van der Waals surface area contributed by atoms with E-state index in [4.69, 9.17) is 14.7 Å². The molecule has 0 spiro atoms. The predicted molar refractivity (Wildman–Crippen MR) is 64.9 cm³/mol. The minimum absolute atomic E-state index is 0.238. The Bertz CT molecular complexity index is 326. The lowest BCUT2D eigenvalue weighted by molar-refractivity contribution is -0.138. The van der Waals surface area contributed by atoms with E-state index >= 15 is 0 Å². The molecule has 4 heteroatoms. The zero-order valence-corrected chi connectivity index (χ0v) is 10.6. The summed E-state index contributed by atoms with van der Waals surface area (Å²) in [6.45, 7) is 6.14. The number of carbonyl (C=O) groups excluding carboxylic acids is 1. The summed E-state index contributed by atoms with van der Waals surface area (Å²) in [5, 5.41) is 8.35. The van der Waals surface area contributed by atoms with Gasteiger partial charge in [0.2, 0.25) is 0 Å². The van der Waals surface area contributed by atoms with Crippen molar-refractivity contribution >= 4 is 5.97 Å². The number of nitrogens with zero attached hydrogens (tertiary/aromatic N) is 1. The molecule has 1 rings (SSSR count). The van der Waals surface area contributed by atoms with E-state index in [1.54, 1.807) is 31.4 Å². The number of hydrogen-bond acceptors (Lipinski definition) is 4. The van der Waals surface area contributed by atoms with Gasteiger partial charge in [-0.2, -0.15) is 5.26 Å². The minimum Gasteiger partial charge on any atom is -0.463 e. The van der Waals surface area contributed by atoms with E-state index in [0.717, 1.165) is 0 Å². The summed E-state index contributed by atoms with van der Waals surface area (Å²) in [5.41, 5.74) is 0.622. The highest BCUT2D eigenvalue weighted by Crippen LogP contribution is 2.16. The lowest BCUT2D eigenvalue weighted by atomic mass is 10.1. The highest BCUT2D eigenvalue weighted by atomic mass is 16.5. The van der Waals surface area contributed by atoms with Gasteiger partial charge in [0.25, 0.3) is 6.26 Å². The molecule has 0 N–H and O–H groups in total. The van der Waals surface area contributed by atoms with Crippen molar-refractivity contribution in [1.29, 1.82) is 5.26 Å². The summed E-state index contributed by atoms with van der Waals surface area (Å²) in [5.74, 6) is -0.292. The summed E-state index contributed by atoms with van der Waals surface area (Å²) < 4.78 is 9.67. The standard InChI is InChI=1S/C11H13NO3.C2H6/c1-2-14-11(13)9-4-3-5-10(7-6-9)15-8-12;1-2/h3-5,10H,2,6-7H2,1H3;1-2H3. The molecule has 4 nitrogen and oxygen atoms in total. The number of esters is 1. The number of nitriles is 1. The molecule has 0 aliphatic heterocycles. The SMILES string of the molecule is CC.CCOC(=O)C1=CC=CC(OC#N)CC1. The molecule has 0 saturated heterocycles. The van der Waals surface area contributed by atoms with Crippen LogP contribution >= 0.6 is 0 Å². The lowest BCUT2D eigenvalue weighted by Gasteiger charge is -2.08. The third kappa shape index (κ3) is 5.76. The first-order valence-corrected chi connectivity index (χ1v) is 5.87. The lowest BCUT2D eigenvalue weighted by Crippen LogP contribution is -2.10. The molecule has 1 atom stereocenters. The van der Waals surface area contributed by atoms with Crippen molar-refractivity contribution < 1.29 is 14.3 Å². The minimum atomic E-state index is -0.292. The Balaban J connectivity index is 0.00000121. The molecular weight excluding hydrogens is 218 g/mol. The highest BCUT2D eigenvalue weighted by molar-refractivity contribution is 5.88. The number of rotatable bonds is 3. The average Bonchev–Trinajstić information content (AvgIpc) is 2.58. The number of hydrogen-bond donors (Lipinski definition) is 0. The van der Waals surface area contributed by atoms with E-state index in [2.05, 4.69) is 0 Å². The van der Waals surface area contributed by atoms with Crippen LogP contribution in [0.4, 0.5) is 0 Å². The summed E-state index contributed by atoms with van der Waals surface area (Å²) >= 11 is 0. The molecule has 1 aliphatic carbocycles. The second kappa shape index (κ2) is 9.46. The summed E-state index contributed by atoms with van der Waals surface area (Å²) in [4.78, 5) is 11.4. The van der Waals surface area contributed by atoms with E-state index in [-0.39, 0.29) is 12.1 Å². The normalized spacial score (nSPS) is 17.8. The van der Waals surface area contributed by atoms with Crippen molar-refractivity contribution in [3.8, 4) is 6.26 Å². The number of carbonyl (C=O) groups is 1. The Morgan fingerprint density at radius 1 is 1.59 bits per heavy atom. The maximum absolute atomic E-state index is 11.4. The quantitative estimate of drug-likeness (QED) is 0.559. The smallest absolute Gasteiger partial charge is 0.333 e. The van der Waals surface area contributed by atoms with Gasteiger partial charge in [-0.25, -0.2) is 4.79 Å². The van der Waals surface area contributed by atoms with Gasteiger partial charge >= 0.3 is 5.97 Å². The molecule has 0 aromatic heterocycles. The number of ether oxygens (including phenoxy) is 2. The van der Waals surface area contributed by atoms with Gasteiger partial charge in [-0.15, -0.1) is 0 Å². The van der Waals surface area contributed by atoms with Gasteiger partial charge < -0.3 is 9.47 Å². The largest absolute Gasteiger partial charge is 0.463 e. The Labute approximate surface area is 103 Å². The van der Waals surface area contributed by atoms with Crippen molar-refractivity contribution in [2.45, 2.75) is 39.7 Å². The zero-order chi connectivity index (χ0) is 13.1. The first-order chi connectivity index (χ1) is 8.27. The molecule has 1 aliphatic rings. The molecule has 0 aromatic carbocycles. The molecule has 0 saturated carbocycles. The molecule has 0 aromatic rings. The van der Waals surface area contributed by atoms with E-state index in [1.165, 1.54) is 0 Å². The third-order valence-electron chi connectivity index (χ3n) is 2.06. The van der Waals surface area contributed by atoms with Gasteiger partial charge in [0, 0.05) is 5.57 Å². The predicted octanol–water partition coefficient (Wildman–Crippen LogP) is 2.72. The molecule has 17 heavy (non-hydrogen) atoms. The molecule has 0 radical (unpaired) electrons. The van der Waals surface area contributed by atoms with Crippen molar-refractivity contribution in [2.24, 2.45) is 0 Å². The summed E-state index contributed by atoms with van der Waals surface area (Å²) in [6, 6.07) is 0. The molecule has 0 heterocycles. The monoisotopic (exact) mass is 237 g/mol. The Morgan fingerprint density at radius 2 is 2.29 bits per heavy atom. The summed E-state index contributed by atoms with van der Waals surface area (Å²) in [7, 11) is 0. The van der Waals surface area contributed by atoms with Gasteiger partial charge in [-0.05, 0) is 25.8 Å². The van der Waals surface area contributed by atoms with Gasteiger partial charge in [0.05, 0.1) is 6.61 Å². The van der Waals surface area contributed by atoms with Crippen LogP contribution in [0.3, 0.4) is 0 Å². The second-order valence-corrected chi connectivity index (χ2v) is 3.08. The molecule has 0 amide bonds. The maximum Gasteiger partial charge on any atom is 0.333 e. The van der Waals surface area contributed by atoms with Gasteiger partial charge in [-0.3, -0.25) is 0 Å². The van der Waals surface area contributed by atoms with E-state index in [1.807, 2.05) is 13.8 Å². The van der Waals surface area contributed by atoms with E-state index < -0.39 is 0 Å². The van der Waals surface area contributed by atoms with Crippen LogP contribution in [0.1, 0.15) is 33.6 Å². The van der Waals surface area contributed by atoms with Crippen LogP contribution in [0.15, 0.2) is 23.8 Å². The van der Waals surface area contributed by atoms with Crippen molar-refractivity contribution in [3.63, 3.8) is 0 Å². The fourth-order valence-corrected chi connectivity index (χ4v) is 1.33. The second-order valence-electron chi connectivity index (χ2n) is 3.08. The van der Waals surface area contributed by atoms with E-state index in [9.17, 15) is 4.79 Å². The first kappa shape index (κ1) is 15.2. The van der Waals surface area contributed by atoms with Crippen LogP contribution in [0.2, 0.25) is 0 Å². The fraction of sp³-hybridized carbons (Fsp3) is 0.538. The van der Waals surface area contributed by atoms with Gasteiger partial charge in [0.1, 0.15) is 6.10 Å². The third-order valence-corrected chi connectivity index (χ3v) is 2.06. The molecule has 94 valence electrons. The van der Waals surface area contributed by atoms with Crippen LogP contribution < -0.4 is 0 Å². The van der Waals surface area contributed by atoms with Gasteiger partial charge in [0.15, 0.2) is 0 Å². The average molecular weight is 237 g/mol. The van der Waals surface area contributed by atoms with Crippen LogP contribution in [0.25, 0.3) is 0 Å². The Morgan fingerprint density at radius 3 is 2.88 bits per heavy atom. The van der Waals surface area contributed by atoms with Crippen molar-refractivity contribution in [2.75, 3.05) is 6.61 Å². The Kier molecular flexibility index (Phi) is 8.48. The molecule has 0 bridgehead atoms. The topological polar surface area (TPSA) is 59.3 Å².